The standard InChI is InChI=1S/C14H20N4O/c1-12(18-5-7-19-8-6-18)11-17(2)14-9-13(10-15)3-4-16-14/h3-4,9,12H,5-8,11H2,1-2H3/t12-/m1/s1. The molecule has 0 aliphatic carbocycles. The van der Waals surface area contributed by atoms with Crippen LogP contribution in [0, 0.1) is 11.3 Å². The molecule has 19 heavy (non-hydrogen) atoms. The van der Waals surface area contributed by atoms with Crippen molar-refractivity contribution >= 4 is 5.82 Å². The summed E-state index contributed by atoms with van der Waals surface area (Å²) in [6.45, 7) is 6.71. The van der Waals surface area contributed by atoms with Crippen LogP contribution in [-0.2, 0) is 4.74 Å². The minimum Gasteiger partial charge on any atom is -0.379 e. The predicted molar refractivity (Wildman–Crippen MR) is 74.1 cm³/mol. The normalized spacial score (nSPS) is 17.7. The largest absolute Gasteiger partial charge is 0.379 e. The summed E-state index contributed by atoms with van der Waals surface area (Å²) in [5.74, 6) is 0.846. The number of hydrogen-bond donors (Lipinski definition) is 0. The Morgan fingerprint density at radius 2 is 2.26 bits per heavy atom. The molecule has 0 spiro atoms. The van der Waals surface area contributed by atoms with Gasteiger partial charge in [-0.15, -0.1) is 0 Å². The molecule has 0 aromatic carbocycles. The van der Waals surface area contributed by atoms with Crippen molar-refractivity contribution in [3.05, 3.63) is 23.9 Å². The summed E-state index contributed by atoms with van der Waals surface area (Å²) in [5, 5.41) is 8.91. The third kappa shape index (κ3) is 3.66. The summed E-state index contributed by atoms with van der Waals surface area (Å²) in [4.78, 5) is 8.84. The van der Waals surface area contributed by atoms with Crippen LogP contribution >= 0.6 is 0 Å². The van der Waals surface area contributed by atoms with Crippen molar-refractivity contribution in [1.29, 1.82) is 5.26 Å². The number of pyridine rings is 1. The molecule has 2 heterocycles. The van der Waals surface area contributed by atoms with Crippen molar-refractivity contribution in [1.82, 2.24) is 9.88 Å². The SMILES string of the molecule is C[C@H](CN(C)c1cc(C#N)ccn1)N1CCOCC1. The van der Waals surface area contributed by atoms with E-state index in [-0.39, 0.29) is 0 Å². The third-order valence-electron chi connectivity index (χ3n) is 3.47. The van der Waals surface area contributed by atoms with Crippen molar-refractivity contribution in [2.45, 2.75) is 13.0 Å². The first-order chi connectivity index (χ1) is 9.20. The molecule has 1 aliphatic rings. The van der Waals surface area contributed by atoms with Crippen molar-refractivity contribution < 1.29 is 4.74 Å². The molecule has 1 atom stereocenters. The smallest absolute Gasteiger partial charge is 0.129 e. The summed E-state index contributed by atoms with van der Waals surface area (Å²) in [5.41, 5.74) is 0.649. The van der Waals surface area contributed by atoms with Gasteiger partial charge in [-0.2, -0.15) is 5.26 Å². The number of morpholine rings is 1. The molecule has 5 nitrogen and oxygen atoms in total. The molecular weight excluding hydrogens is 240 g/mol. The van der Waals surface area contributed by atoms with Gasteiger partial charge < -0.3 is 9.64 Å². The molecule has 1 aliphatic heterocycles. The van der Waals surface area contributed by atoms with Crippen LogP contribution in [0.15, 0.2) is 18.3 Å². The fourth-order valence-corrected chi connectivity index (χ4v) is 2.32. The number of nitrogens with zero attached hydrogens (tertiary/aromatic N) is 4. The zero-order valence-corrected chi connectivity index (χ0v) is 11.5. The Hall–Kier alpha value is -1.64. The van der Waals surface area contributed by atoms with Gasteiger partial charge >= 0.3 is 0 Å². The first kappa shape index (κ1) is 13.8. The Kier molecular flexibility index (Phi) is 4.72. The molecule has 1 aromatic heterocycles. The van der Waals surface area contributed by atoms with Gasteiger partial charge in [-0.1, -0.05) is 0 Å². The average molecular weight is 260 g/mol. The summed E-state index contributed by atoms with van der Waals surface area (Å²) >= 11 is 0. The van der Waals surface area contributed by atoms with Gasteiger partial charge in [-0.25, -0.2) is 4.98 Å². The first-order valence-corrected chi connectivity index (χ1v) is 6.60. The molecule has 0 unspecified atom stereocenters. The second kappa shape index (κ2) is 6.50. The van der Waals surface area contributed by atoms with Crippen molar-refractivity contribution in [2.24, 2.45) is 0 Å². The van der Waals surface area contributed by atoms with Gasteiger partial charge in [0.1, 0.15) is 5.82 Å². The predicted octanol–water partition coefficient (Wildman–Crippen LogP) is 1.11. The molecule has 5 heteroatoms. The van der Waals surface area contributed by atoms with Gasteiger partial charge in [0.15, 0.2) is 0 Å². The molecule has 0 radical (unpaired) electrons. The lowest BCUT2D eigenvalue weighted by atomic mass is 10.2. The van der Waals surface area contributed by atoms with Crippen molar-refractivity contribution in [2.75, 3.05) is 44.8 Å². The lowest BCUT2D eigenvalue weighted by molar-refractivity contribution is 0.0218. The van der Waals surface area contributed by atoms with Crippen LogP contribution in [0.1, 0.15) is 12.5 Å². The maximum absolute atomic E-state index is 8.91. The average Bonchev–Trinajstić information content (AvgIpc) is 2.48. The molecule has 102 valence electrons. The van der Waals surface area contributed by atoms with Crippen molar-refractivity contribution in [3.63, 3.8) is 0 Å². The number of rotatable bonds is 4. The second-order valence-electron chi connectivity index (χ2n) is 4.89. The minimum atomic E-state index is 0.446. The summed E-state index contributed by atoms with van der Waals surface area (Å²) < 4.78 is 5.37. The van der Waals surface area contributed by atoms with E-state index >= 15 is 0 Å². The van der Waals surface area contributed by atoms with E-state index in [1.807, 2.05) is 13.1 Å². The monoisotopic (exact) mass is 260 g/mol. The zero-order chi connectivity index (χ0) is 13.7. The van der Waals surface area contributed by atoms with E-state index < -0.39 is 0 Å². The maximum atomic E-state index is 8.91. The van der Waals surface area contributed by atoms with Crippen LogP contribution < -0.4 is 4.90 Å². The van der Waals surface area contributed by atoms with Gasteiger partial charge in [-0.05, 0) is 19.1 Å². The summed E-state index contributed by atoms with van der Waals surface area (Å²) in [6.07, 6.45) is 1.68. The van der Waals surface area contributed by atoms with E-state index in [2.05, 4.69) is 27.8 Å². The highest BCUT2D eigenvalue weighted by molar-refractivity contribution is 5.44. The number of likely N-dealkylation sites (N-methyl/N-ethyl adjacent to an activating group) is 1. The van der Waals surface area contributed by atoms with E-state index in [4.69, 9.17) is 10.00 Å². The van der Waals surface area contributed by atoms with Gasteiger partial charge in [0.2, 0.25) is 0 Å². The zero-order valence-electron chi connectivity index (χ0n) is 11.5. The van der Waals surface area contributed by atoms with Crippen LogP contribution in [-0.4, -0.2) is 55.8 Å². The summed E-state index contributed by atoms with van der Waals surface area (Å²) in [7, 11) is 2.01. The quantitative estimate of drug-likeness (QED) is 0.811. The summed E-state index contributed by atoms with van der Waals surface area (Å²) in [6, 6.07) is 6.14. The van der Waals surface area contributed by atoms with E-state index in [0.717, 1.165) is 38.7 Å². The molecule has 0 saturated carbocycles. The Labute approximate surface area is 114 Å². The molecule has 1 saturated heterocycles. The fraction of sp³-hybridized carbons (Fsp3) is 0.571. The molecule has 0 N–H and O–H groups in total. The molecule has 1 fully saturated rings. The Morgan fingerprint density at radius 3 is 2.95 bits per heavy atom. The number of nitriles is 1. The minimum absolute atomic E-state index is 0.446. The van der Waals surface area contributed by atoms with Crippen LogP contribution in [0.3, 0.4) is 0 Å². The van der Waals surface area contributed by atoms with Crippen molar-refractivity contribution in [3.8, 4) is 6.07 Å². The van der Waals surface area contributed by atoms with E-state index in [9.17, 15) is 0 Å². The highest BCUT2D eigenvalue weighted by Gasteiger charge is 2.18. The highest BCUT2D eigenvalue weighted by Crippen LogP contribution is 2.13. The molecule has 0 amide bonds. The van der Waals surface area contributed by atoms with Crippen LogP contribution in [0.5, 0.6) is 0 Å². The number of hydrogen-bond acceptors (Lipinski definition) is 5. The Morgan fingerprint density at radius 1 is 1.53 bits per heavy atom. The van der Waals surface area contributed by atoms with E-state index in [1.54, 1.807) is 12.3 Å². The van der Waals surface area contributed by atoms with Gasteiger partial charge in [0.05, 0.1) is 24.8 Å². The number of aromatic nitrogens is 1. The third-order valence-corrected chi connectivity index (χ3v) is 3.47. The lowest BCUT2D eigenvalue weighted by Crippen LogP contribution is -2.46. The van der Waals surface area contributed by atoms with Crippen LogP contribution in [0.2, 0.25) is 0 Å². The molecular formula is C14H20N4O. The molecule has 2 rings (SSSR count). The van der Waals surface area contributed by atoms with Gasteiger partial charge in [-0.3, -0.25) is 4.90 Å². The number of ether oxygens (including phenoxy) is 1. The topological polar surface area (TPSA) is 52.4 Å². The van der Waals surface area contributed by atoms with Crippen LogP contribution in [0.4, 0.5) is 5.82 Å². The maximum Gasteiger partial charge on any atom is 0.129 e. The van der Waals surface area contributed by atoms with E-state index in [1.165, 1.54) is 0 Å². The van der Waals surface area contributed by atoms with Gasteiger partial charge in [0, 0.05) is 38.9 Å². The molecule has 0 bridgehead atoms. The first-order valence-electron chi connectivity index (χ1n) is 6.60. The van der Waals surface area contributed by atoms with Gasteiger partial charge in [0.25, 0.3) is 0 Å². The highest BCUT2D eigenvalue weighted by atomic mass is 16.5. The Bertz CT molecular complexity index is 451. The Balaban J connectivity index is 1.95. The second-order valence-corrected chi connectivity index (χ2v) is 4.89. The molecule has 1 aromatic rings. The fourth-order valence-electron chi connectivity index (χ4n) is 2.32. The number of anilines is 1. The van der Waals surface area contributed by atoms with Crippen LogP contribution in [0.25, 0.3) is 0 Å². The lowest BCUT2D eigenvalue weighted by Gasteiger charge is -2.34. The van der Waals surface area contributed by atoms with E-state index in [0.29, 0.717) is 11.6 Å².